The number of amides is 1. The van der Waals surface area contributed by atoms with Gasteiger partial charge in [-0.25, -0.2) is 0 Å². The molecule has 1 heterocycles. The minimum atomic E-state index is 0.0411. The van der Waals surface area contributed by atoms with Crippen molar-refractivity contribution in [3.63, 3.8) is 0 Å². The van der Waals surface area contributed by atoms with Crippen LogP contribution in [0.25, 0.3) is 0 Å². The fourth-order valence-electron chi connectivity index (χ4n) is 3.15. The number of nitrogens with two attached hydrogens (primary N) is 1. The van der Waals surface area contributed by atoms with Crippen LogP contribution in [-0.4, -0.2) is 33.2 Å². The third-order valence-electron chi connectivity index (χ3n) is 4.29. The number of anilines is 1. The van der Waals surface area contributed by atoms with E-state index in [-0.39, 0.29) is 5.91 Å². The average Bonchev–Trinajstić information content (AvgIpc) is 2.76. The predicted octanol–water partition coefficient (Wildman–Crippen LogP) is 2.59. The Bertz CT molecular complexity index is 474. The molecule has 1 aliphatic carbocycles. The van der Waals surface area contributed by atoms with Crippen LogP contribution in [0.5, 0.6) is 0 Å². The molecule has 112 valence electrons. The largest absolute Gasteiger partial charge is 0.395 e. The Hall–Kier alpha value is -1.52. The first-order valence-electron chi connectivity index (χ1n) is 7.73. The second kappa shape index (κ2) is 6.29. The van der Waals surface area contributed by atoms with Gasteiger partial charge in [0.15, 0.2) is 0 Å². The molecule has 20 heavy (non-hydrogen) atoms. The summed E-state index contributed by atoms with van der Waals surface area (Å²) in [5, 5.41) is 4.36. The maximum Gasteiger partial charge on any atom is 0.274 e. The van der Waals surface area contributed by atoms with Crippen molar-refractivity contribution in [3.05, 3.63) is 11.4 Å². The van der Waals surface area contributed by atoms with Crippen molar-refractivity contribution in [1.82, 2.24) is 14.7 Å². The maximum absolute atomic E-state index is 12.9. The molecule has 0 aliphatic heterocycles. The summed E-state index contributed by atoms with van der Waals surface area (Å²) in [6.07, 6.45) is 5.94. The number of carbonyl (C=O) groups is 1. The van der Waals surface area contributed by atoms with Crippen molar-refractivity contribution in [2.75, 3.05) is 12.3 Å². The zero-order valence-corrected chi connectivity index (χ0v) is 12.9. The monoisotopic (exact) mass is 278 g/mol. The molecule has 2 N–H and O–H groups in total. The van der Waals surface area contributed by atoms with Crippen LogP contribution in [0.3, 0.4) is 0 Å². The Morgan fingerprint density at radius 2 is 2.00 bits per heavy atom. The zero-order valence-electron chi connectivity index (χ0n) is 12.9. The van der Waals surface area contributed by atoms with Gasteiger partial charge in [0.25, 0.3) is 5.91 Å². The Balaban J connectivity index is 2.28. The van der Waals surface area contributed by atoms with E-state index in [2.05, 4.69) is 5.10 Å². The van der Waals surface area contributed by atoms with Crippen molar-refractivity contribution in [3.8, 4) is 0 Å². The highest BCUT2D eigenvalue weighted by atomic mass is 16.2. The highest BCUT2D eigenvalue weighted by molar-refractivity contribution is 5.98. The second-order valence-electron chi connectivity index (χ2n) is 5.55. The lowest BCUT2D eigenvalue weighted by molar-refractivity contribution is 0.0636. The summed E-state index contributed by atoms with van der Waals surface area (Å²) in [5.74, 6) is 0.0411. The van der Waals surface area contributed by atoms with Gasteiger partial charge in [-0.15, -0.1) is 0 Å². The van der Waals surface area contributed by atoms with Crippen molar-refractivity contribution in [2.24, 2.45) is 0 Å². The zero-order chi connectivity index (χ0) is 14.7. The standard InChI is InChI=1S/C15H26N4O/c1-4-18(12-9-7-6-8-10-12)15(20)14-13(16)11(3)17-19(14)5-2/h12H,4-10,16H2,1-3H3. The first-order chi connectivity index (χ1) is 9.60. The van der Waals surface area contributed by atoms with E-state index in [1.54, 1.807) is 4.68 Å². The van der Waals surface area contributed by atoms with E-state index < -0.39 is 0 Å². The quantitative estimate of drug-likeness (QED) is 0.920. The number of aryl methyl sites for hydroxylation is 2. The Labute approximate surface area is 121 Å². The Morgan fingerprint density at radius 1 is 1.35 bits per heavy atom. The Morgan fingerprint density at radius 3 is 2.55 bits per heavy atom. The number of aromatic nitrogens is 2. The highest BCUT2D eigenvalue weighted by Gasteiger charge is 2.29. The van der Waals surface area contributed by atoms with Crippen molar-refractivity contribution in [1.29, 1.82) is 0 Å². The van der Waals surface area contributed by atoms with E-state index in [1.807, 2.05) is 25.7 Å². The molecule has 0 saturated heterocycles. The van der Waals surface area contributed by atoms with Crippen LogP contribution < -0.4 is 5.73 Å². The van der Waals surface area contributed by atoms with Crippen molar-refractivity contribution < 1.29 is 4.79 Å². The number of carbonyl (C=O) groups excluding carboxylic acids is 1. The van der Waals surface area contributed by atoms with Gasteiger partial charge in [0, 0.05) is 19.1 Å². The topological polar surface area (TPSA) is 64.2 Å². The first kappa shape index (κ1) is 14.9. The van der Waals surface area contributed by atoms with E-state index in [9.17, 15) is 4.79 Å². The fraction of sp³-hybridized carbons (Fsp3) is 0.733. The normalized spacial score (nSPS) is 16.4. The summed E-state index contributed by atoms with van der Waals surface area (Å²) in [5.41, 5.74) is 7.92. The van der Waals surface area contributed by atoms with Gasteiger partial charge in [0.1, 0.15) is 5.69 Å². The first-order valence-corrected chi connectivity index (χ1v) is 7.73. The molecule has 1 aromatic rings. The van der Waals surface area contributed by atoms with Gasteiger partial charge in [0.2, 0.25) is 0 Å². The van der Waals surface area contributed by atoms with E-state index in [4.69, 9.17) is 5.73 Å². The van der Waals surface area contributed by atoms with Gasteiger partial charge in [-0.1, -0.05) is 19.3 Å². The molecule has 1 aliphatic rings. The van der Waals surface area contributed by atoms with Crippen LogP contribution >= 0.6 is 0 Å². The summed E-state index contributed by atoms with van der Waals surface area (Å²) in [7, 11) is 0. The lowest BCUT2D eigenvalue weighted by atomic mass is 9.94. The van der Waals surface area contributed by atoms with Crippen LogP contribution in [0.4, 0.5) is 5.69 Å². The number of hydrogen-bond donors (Lipinski definition) is 1. The summed E-state index contributed by atoms with van der Waals surface area (Å²) in [6, 6.07) is 0.362. The molecule has 0 atom stereocenters. The van der Waals surface area contributed by atoms with Gasteiger partial charge >= 0.3 is 0 Å². The van der Waals surface area contributed by atoms with E-state index in [0.717, 1.165) is 25.1 Å². The van der Waals surface area contributed by atoms with Gasteiger partial charge in [-0.2, -0.15) is 5.10 Å². The molecular weight excluding hydrogens is 252 g/mol. The predicted molar refractivity (Wildman–Crippen MR) is 80.6 cm³/mol. The SMILES string of the molecule is CCN(C(=O)c1c(N)c(C)nn1CC)C1CCCCC1. The molecule has 0 unspecified atom stereocenters. The molecular formula is C15H26N4O. The molecule has 0 bridgehead atoms. The van der Waals surface area contributed by atoms with E-state index in [1.165, 1.54) is 19.3 Å². The molecule has 1 aromatic heterocycles. The third kappa shape index (κ3) is 2.67. The van der Waals surface area contributed by atoms with Crippen LogP contribution in [0.1, 0.15) is 62.1 Å². The molecule has 0 spiro atoms. The van der Waals surface area contributed by atoms with Gasteiger partial charge in [0.05, 0.1) is 11.4 Å². The summed E-state index contributed by atoms with van der Waals surface area (Å²) < 4.78 is 1.73. The summed E-state index contributed by atoms with van der Waals surface area (Å²) in [6.45, 7) is 7.29. The molecule has 1 amide bonds. The molecule has 1 fully saturated rings. The Kier molecular flexibility index (Phi) is 4.68. The van der Waals surface area contributed by atoms with Crippen LogP contribution in [0.15, 0.2) is 0 Å². The minimum absolute atomic E-state index is 0.0411. The molecule has 0 radical (unpaired) electrons. The molecule has 1 saturated carbocycles. The van der Waals surface area contributed by atoms with E-state index in [0.29, 0.717) is 24.0 Å². The van der Waals surface area contributed by atoms with Gasteiger partial charge < -0.3 is 10.6 Å². The summed E-state index contributed by atoms with van der Waals surface area (Å²) >= 11 is 0. The van der Waals surface area contributed by atoms with Crippen molar-refractivity contribution >= 4 is 11.6 Å². The molecule has 0 aromatic carbocycles. The molecule has 5 nitrogen and oxygen atoms in total. The number of nitrogens with zero attached hydrogens (tertiary/aromatic N) is 3. The minimum Gasteiger partial charge on any atom is -0.395 e. The number of nitrogen functional groups attached to an aromatic ring is 1. The lowest BCUT2D eigenvalue weighted by Gasteiger charge is -2.33. The van der Waals surface area contributed by atoms with Crippen LogP contribution in [0.2, 0.25) is 0 Å². The molecule has 2 rings (SSSR count). The highest BCUT2D eigenvalue weighted by Crippen LogP contribution is 2.26. The van der Waals surface area contributed by atoms with Crippen molar-refractivity contribution in [2.45, 2.75) is 65.5 Å². The lowest BCUT2D eigenvalue weighted by Crippen LogP contribution is -2.42. The average molecular weight is 278 g/mol. The van der Waals surface area contributed by atoms with Crippen LogP contribution in [0, 0.1) is 6.92 Å². The maximum atomic E-state index is 12.9. The number of rotatable bonds is 4. The third-order valence-corrected chi connectivity index (χ3v) is 4.29. The van der Waals surface area contributed by atoms with E-state index >= 15 is 0 Å². The molecule has 5 heteroatoms. The van der Waals surface area contributed by atoms with Gasteiger partial charge in [-0.05, 0) is 33.6 Å². The van der Waals surface area contributed by atoms with Gasteiger partial charge in [-0.3, -0.25) is 9.48 Å². The fourth-order valence-corrected chi connectivity index (χ4v) is 3.15. The summed E-state index contributed by atoms with van der Waals surface area (Å²) in [4.78, 5) is 14.9. The number of hydrogen-bond acceptors (Lipinski definition) is 3. The smallest absolute Gasteiger partial charge is 0.274 e. The second-order valence-corrected chi connectivity index (χ2v) is 5.55. The van der Waals surface area contributed by atoms with Crippen LogP contribution in [-0.2, 0) is 6.54 Å².